The molecule has 0 unspecified atom stereocenters. The van der Waals surface area contributed by atoms with Crippen LogP contribution in [0.3, 0.4) is 0 Å². The monoisotopic (exact) mass is 535 g/mol. The lowest BCUT2D eigenvalue weighted by Gasteiger charge is -2.36. The fourth-order valence-electron chi connectivity index (χ4n) is 4.76. The average molecular weight is 536 g/mol. The van der Waals surface area contributed by atoms with Gasteiger partial charge in [0.2, 0.25) is 5.91 Å². The average Bonchev–Trinajstić information content (AvgIpc) is 2.91. The van der Waals surface area contributed by atoms with Gasteiger partial charge in [-0.05, 0) is 49.1 Å². The summed E-state index contributed by atoms with van der Waals surface area (Å²) in [5.41, 5.74) is 6.29. The van der Waals surface area contributed by atoms with Crippen molar-refractivity contribution in [3.63, 3.8) is 0 Å². The van der Waals surface area contributed by atoms with Gasteiger partial charge in [0.05, 0.1) is 18.3 Å². The Morgan fingerprint density at radius 1 is 1.13 bits per heavy atom. The lowest BCUT2D eigenvalue weighted by Crippen LogP contribution is -2.50. The summed E-state index contributed by atoms with van der Waals surface area (Å²) >= 11 is 0. The number of nitrogens with two attached hydrogens (primary N) is 1. The highest BCUT2D eigenvalue weighted by atomic mass is 16.5. The van der Waals surface area contributed by atoms with E-state index in [0.29, 0.717) is 50.7 Å². The lowest BCUT2D eigenvalue weighted by molar-refractivity contribution is -0.134. The van der Waals surface area contributed by atoms with E-state index in [0.717, 1.165) is 19.3 Å². The highest BCUT2D eigenvalue weighted by molar-refractivity contribution is 5.96. The van der Waals surface area contributed by atoms with Crippen LogP contribution in [0.4, 0.5) is 0 Å². The number of carbonyl (C=O) groups is 2. The molecular formula is C29H49N3O6. The Morgan fingerprint density at radius 2 is 1.82 bits per heavy atom. The van der Waals surface area contributed by atoms with Crippen molar-refractivity contribution >= 4 is 11.8 Å². The predicted molar refractivity (Wildman–Crippen MR) is 148 cm³/mol. The zero-order valence-electron chi connectivity index (χ0n) is 23.8. The molecule has 1 aliphatic heterocycles. The van der Waals surface area contributed by atoms with Crippen molar-refractivity contribution in [2.75, 3.05) is 46.6 Å². The molecule has 1 heterocycles. The van der Waals surface area contributed by atoms with E-state index < -0.39 is 17.6 Å². The van der Waals surface area contributed by atoms with Crippen LogP contribution in [0.5, 0.6) is 5.75 Å². The standard InChI is InChI=1S/C29H49N3O6/c1-20(2)21(18-31-27(34)23-9-6-7-10-26(23)38-14-8-13-36-5)17-24(30)25(33)19-32-28(35)29(3,4)22-11-15-37-16-12-22/h6-7,9-10,20-22,24-25,33H,8,11-19,30H2,1-5H3,(H,31,34)(H,32,35)/t21-,24+,25+/m1/s1. The van der Waals surface area contributed by atoms with E-state index in [2.05, 4.69) is 24.5 Å². The van der Waals surface area contributed by atoms with E-state index in [9.17, 15) is 14.7 Å². The molecule has 38 heavy (non-hydrogen) atoms. The molecule has 0 aliphatic carbocycles. The molecule has 5 N–H and O–H groups in total. The Kier molecular flexibility index (Phi) is 13.5. The molecule has 2 amide bonds. The number of methoxy groups -OCH3 is 1. The fourth-order valence-corrected chi connectivity index (χ4v) is 4.76. The van der Waals surface area contributed by atoms with Crippen molar-refractivity contribution in [1.29, 1.82) is 0 Å². The summed E-state index contributed by atoms with van der Waals surface area (Å²) in [5.74, 6) is 0.774. The number of amides is 2. The summed E-state index contributed by atoms with van der Waals surface area (Å²) in [6, 6.07) is 6.63. The first-order chi connectivity index (χ1) is 18.1. The molecule has 3 atom stereocenters. The molecule has 1 aromatic carbocycles. The number of rotatable bonds is 16. The maximum absolute atomic E-state index is 13.0. The van der Waals surface area contributed by atoms with E-state index in [4.69, 9.17) is 19.9 Å². The fraction of sp³-hybridized carbons (Fsp3) is 0.724. The van der Waals surface area contributed by atoms with Crippen LogP contribution in [-0.4, -0.2) is 75.7 Å². The molecule has 1 aromatic rings. The largest absolute Gasteiger partial charge is 0.493 e. The van der Waals surface area contributed by atoms with Crippen LogP contribution < -0.4 is 21.1 Å². The molecule has 9 heteroatoms. The SMILES string of the molecule is COCCCOc1ccccc1C(=O)NC[C@@H](C[C@H](N)[C@@H](O)CNC(=O)C(C)(C)C1CCOCC1)C(C)C. The molecule has 0 bridgehead atoms. The summed E-state index contributed by atoms with van der Waals surface area (Å²) in [7, 11) is 1.64. The lowest BCUT2D eigenvalue weighted by atomic mass is 9.74. The topological polar surface area (TPSA) is 132 Å². The van der Waals surface area contributed by atoms with E-state index in [1.54, 1.807) is 25.3 Å². The molecule has 1 aliphatic rings. The number of nitrogens with one attached hydrogen (secondary N) is 2. The van der Waals surface area contributed by atoms with E-state index >= 15 is 0 Å². The van der Waals surface area contributed by atoms with Crippen molar-refractivity contribution < 1.29 is 28.9 Å². The van der Waals surface area contributed by atoms with Gasteiger partial charge < -0.3 is 35.7 Å². The number of para-hydroxylation sites is 1. The van der Waals surface area contributed by atoms with Gasteiger partial charge in [-0.15, -0.1) is 0 Å². The quantitative estimate of drug-likeness (QED) is 0.239. The molecule has 0 saturated carbocycles. The third-order valence-electron chi connectivity index (χ3n) is 7.72. The van der Waals surface area contributed by atoms with Crippen LogP contribution in [0.15, 0.2) is 24.3 Å². The van der Waals surface area contributed by atoms with Crippen LogP contribution in [0.2, 0.25) is 0 Å². The summed E-state index contributed by atoms with van der Waals surface area (Å²) in [6.45, 7) is 11.0. The number of hydrogen-bond acceptors (Lipinski definition) is 7. The Labute approximate surface area is 228 Å². The molecule has 216 valence electrons. The molecule has 9 nitrogen and oxygen atoms in total. The number of aliphatic hydroxyl groups is 1. The molecular weight excluding hydrogens is 486 g/mol. The van der Waals surface area contributed by atoms with Gasteiger partial charge >= 0.3 is 0 Å². The van der Waals surface area contributed by atoms with Gasteiger partial charge in [-0.25, -0.2) is 0 Å². The van der Waals surface area contributed by atoms with Gasteiger partial charge in [0, 0.05) is 57.9 Å². The predicted octanol–water partition coefficient (Wildman–Crippen LogP) is 2.75. The number of benzene rings is 1. The van der Waals surface area contributed by atoms with Crippen molar-refractivity contribution in [2.45, 2.75) is 65.5 Å². The third-order valence-corrected chi connectivity index (χ3v) is 7.72. The molecule has 2 rings (SSSR count). The Balaban J connectivity index is 1.86. The zero-order valence-corrected chi connectivity index (χ0v) is 23.8. The first-order valence-corrected chi connectivity index (χ1v) is 13.9. The van der Waals surface area contributed by atoms with Crippen LogP contribution in [0.25, 0.3) is 0 Å². The number of carbonyl (C=O) groups excluding carboxylic acids is 2. The van der Waals surface area contributed by atoms with Crippen molar-refractivity contribution in [3.8, 4) is 5.75 Å². The second-order valence-electron chi connectivity index (χ2n) is 11.2. The minimum atomic E-state index is -0.886. The van der Waals surface area contributed by atoms with Gasteiger partial charge in [0.25, 0.3) is 5.91 Å². The van der Waals surface area contributed by atoms with Crippen molar-refractivity contribution in [3.05, 3.63) is 29.8 Å². The highest BCUT2D eigenvalue weighted by Crippen LogP contribution is 2.34. The van der Waals surface area contributed by atoms with Gasteiger partial charge in [-0.3, -0.25) is 9.59 Å². The Morgan fingerprint density at radius 3 is 2.47 bits per heavy atom. The summed E-state index contributed by atoms with van der Waals surface area (Å²) < 4.78 is 16.3. The number of aliphatic hydroxyl groups excluding tert-OH is 1. The van der Waals surface area contributed by atoms with E-state index in [1.807, 2.05) is 19.9 Å². The summed E-state index contributed by atoms with van der Waals surface area (Å²) in [4.78, 5) is 25.8. The van der Waals surface area contributed by atoms with Crippen molar-refractivity contribution in [2.24, 2.45) is 28.9 Å². The van der Waals surface area contributed by atoms with Gasteiger partial charge in [0.15, 0.2) is 0 Å². The summed E-state index contributed by atoms with van der Waals surface area (Å²) in [5, 5.41) is 16.6. The van der Waals surface area contributed by atoms with Gasteiger partial charge in [0.1, 0.15) is 5.75 Å². The third kappa shape index (κ3) is 9.84. The first kappa shape index (κ1) is 32.0. The van der Waals surface area contributed by atoms with Crippen LogP contribution in [0.1, 0.15) is 63.7 Å². The van der Waals surface area contributed by atoms with E-state index in [-0.39, 0.29) is 36.1 Å². The minimum absolute atomic E-state index is 0.0489. The van der Waals surface area contributed by atoms with Gasteiger partial charge in [-0.2, -0.15) is 0 Å². The number of ether oxygens (including phenoxy) is 3. The second-order valence-corrected chi connectivity index (χ2v) is 11.2. The highest BCUT2D eigenvalue weighted by Gasteiger charge is 2.37. The van der Waals surface area contributed by atoms with E-state index in [1.165, 1.54) is 0 Å². The van der Waals surface area contributed by atoms with Crippen LogP contribution >= 0.6 is 0 Å². The normalized spacial score (nSPS) is 17.1. The second kappa shape index (κ2) is 16.0. The summed E-state index contributed by atoms with van der Waals surface area (Å²) in [6.07, 6.45) is 2.06. The molecule has 0 spiro atoms. The first-order valence-electron chi connectivity index (χ1n) is 13.9. The molecule has 1 saturated heterocycles. The smallest absolute Gasteiger partial charge is 0.255 e. The molecule has 0 aromatic heterocycles. The molecule has 1 fully saturated rings. The zero-order chi connectivity index (χ0) is 28.1. The maximum Gasteiger partial charge on any atom is 0.255 e. The van der Waals surface area contributed by atoms with Crippen LogP contribution in [0, 0.1) is 23.2 Å². The molecule has 0 radical (unpaired) electrons. The van der Waals surface area contributed by atoms with Crippen molar-refractivity contribution in [1.82, 2.24) is 10.6 Å². The minimum Gasteiger partial charge on any atom is -0.493 e. The number of hydrogen-bond donors (Lipinski definition) is 4. The van der Waals surface area contributed by atoms with Crippen LogP contribution in [-0.2, 0) is 14.3 Å². The van der Waals surface area contributed by atoms with Gasteiger partial charge in [-0.1, -0.05) is 39.8 Å². The Hall–Kier alpha value is -2.20. The maximum atomic E-state index is 13.0. The Bertz CT molecular complexity index is 856.